The number of para-hydroxylation sites is 2. The zero-order chi connectivity index (χ0) is 30.6. The number of hydrogen-bond donors (Lipinski definition) is 0. The molecule has 4 heteroatoms. The Bertz CT molecular complexity index is 2600. The normalized spacial score (nSPS) is 11.6. The molecule has 0 saturated heterocycles. The van der Waals surface area contributed by atoms with Crippen molar-refractivity contribution in [1.29, 1.82) is 0 Å². The minimum Gasteiger partial charge on any atom is -0.455 e. The van der Waals surface area contributed by atoms with Crippen LogP contribution in [0.4, 0.5) is 0 Å². The molecule has 9 aromatic rings. The Labute approximate surface area is 265 Å². The predicted molar refractivity (Wildman–Crippen MR) is 189 cm³/mol. The van der Waals surface area contributed by atoms with Crippen molar-refractivity contribution in [3.63, 3.8) is 0 Å². The van der Waals surface area contributed by atoms with Gasteiger partial charge in [-0.1, -0.05) is 133 Å². The topological polar surface area (TPSA) is 51.8 Å². The number of aryl methyl sites for hydroxylation is 1. The van der Waals surface area contributed by atoms with Crippen molar-refractivity contribution in [2.45, 2.75) is 6.92 Å². The maximum Gasteiger partial charge on any atom is 0.167 e. The third-order valence-electron chi connectivity index (χ3n) is 8.79. The second-order valence-corrected chi connectivity index (χ2v) is 11.7. The molecular weight excluding hydrogens is 562 g/mol. The molecular formula is C42H27N3O. The van der Waals surface area contributed by atoms with Gasteiger partial charge in [-0.05, 0) is 57.8 Å². The van der Waals surface area contributed by atoms with Crippen LogP contribution in [0.1, 0.15) is 5.56 Å². The molecule has 0 aliphatic carbocycles. The van der Waals surface area contributed by atoms with Crippen molar-refractivity contribution < 1.29 is 4.42 Å². The molecule has 4 nitrogen and oxygen atoms in total. The number of fused-ring (bicyclic) bond motifs is 6. The highest BCUT2D eigenvalue weighted by Gasteiger charge is 2.18. The number of furan rings is 1. The molecule has 9 rings (SSSR count). The van der Waals surface area contributed by atoms with E-state index in [1.54, 1.807) is 0 Å². The van der Waals surface area contributed by atoms with E-state index < -0.39 is 0 Å². The Balaban J connectivity index is 1.26. The first-order chi connectivity index (χ1) is 22.7. The van der Waals surface area contributed by atoms with Crippen molar-refractivity contribution in [3.05, 3.63) is 151 Å². The second kappa shape index (κ2) is 10.5. The van der Waals surface area contributed by atoms with E-state index in [-0.39, 0.29) is 0 Å². The number of hydrogen-bond acceptors (Lipinski definition) is 4. The lowest BCUT2D eigenvalue weighted by molar-refractivity contribution is 0.669. The van der Waals surface area contributed by atoms with Crippen LogP contribution in [0.2, 0.25) is 0 Å². The van der Waals surface area contributed by atoms with Crippen molar-refractivity contribution >= 4 is 43.5 Å². The summed E-state index contributed by atoms with van der Waals surface area (Å²) in [7, 11) is 0. The van der Waals surface area contributed by atoms with Crippen LogP contribution in [0.15, 0.2) is 150 Å². The van der Waals surface area contributed by atoms with E-state index in [1.165, 1.54) is 32.7 Å². The molecule has 2 heterocycles. The van der Waals surface area contributed by atoms with Gasteiger partial charge in [-0.25, -0.2) is 15.0 Å². The van der Waals surface area contributed by atoms with Crippen molar-refractivity contribution in [2.24, 2.45) is 0 Å². The fourth-order valence-electron chi connectivity index (χ4n) is 6.51. The fraction of sp³-hybridized carbons (Fsp3) is 0.0238. The highest BCUT2D eigenvalue weighted by molar-refractivity contribution is 6.14. The van der Waals surface area contributed by atoms with Gasteiger partial charge in [0.25, 0.3) is 0 Å². The fourth-order valence-corrected chi connectivity index (χ4v) is 6.51. The van der Waals surface area contributed by atoms with E-state index in [1.807, 2.05) is 30.3 Å². The van der Waals surface area contributed by atoms with Crippen LogP contribution >= 0.6 is 0 Å². The molecule has 0 aliphatic rings. The smallest absolute Gasteiger partial charge is 0.167 e. The quantitative estimate of drug-likeness (QED) is 0.192. The van der Waals surface area contributed by atoms with Crippen LogP contribution in [0.3, 0.4) is 0 Å². The van der Waals surface area contributed by atoms with Crippen molar-refractivity contribution in [2.75, 3.05) is 0 Å². The molecule has 0 unspecified atom stereocenters. The van der Waals surface area contributed by atoms with Gasteiger partial charge in [0, 0.05) is 21.9 Å². The van der Waals surface area contributed by atoms with Crippen LogP contribution < -0.4 is 0 Å². The monoisotopic (exact) mass is 589 g/mol. The molecule has 0 aliphatic heterocycles. The minimum atomic E-state index is 0.576. The Morgan fingerprint density at radius 2 is 1.07 bits per heavy atom. The zero-order valence-electron chi connectivity index (χ0n) is 25.1. The largest absolute Gasteiger partial charge is 0.455 e. The van der Waals surface area contributed by atoms with Crippen LogP contribution in [0.5, 0.6) is 0 Å². The molecule has 2 aromatic heterocycles. The number of nitrogens with zero attached hydrogens (tertiary/aromatic N) is 3. The third-order valence-corrected chi connectivity index (χ3v) is 8.79. The van der Waals surface area contributed by atoms with Crippen LogP contribution in [0, 0.1) is 6.92 Å². The SMILES string of the molecule is Cc1ccc(-c2nc(-c3cccc(-c4cccc5ccc6ccccc6c45)c3)nc(-c3cccc4c3oc3ccccc34)n2)cc1. The average Bonchev–Trinajstić information content (AvgIpc) is 3.50. The van der Waals surface area contributed by atoms with Gasteiger partial charge in [0.05, 0.1) is 5.56 Å². The Morgan fingerprint density at radius 3 is 1.96 bits per heavy atom. The van der Waals surface area contributed by atoms with Gasteiger partial charge in [0.15, 0.2) is 17.5 Å². The van der Waals surface area contributed by atoms with Crippen molar-refractivity contribution in [3.8, 4) is 45.3 Å². The summed E-state index contributed by atoms with van der Waals surface area (Å²) in [5.41, 5.74) is 7.77. The van der Waals surface area contributed by atoms with E-state index in [2.05, 4.69) is 122 Å². The van der Waals surface area contributed by atoms with Gasteiger partial charge in [0.1, 0.15) is 11.2 Å². The third kappa shape index (κ3) is 4.34. The maximum atomic E-state index is 6.40. The average molecular weight is 590 g/mol. The molecule has 7 aromatic carbocycles. The summed E-state index contributed by atoms with van der Waals surface area (Å²) < 4.78 is 6.40. The Kier molecular flexibility index (Phi) is 6.00. The second-order valence-electron chi connectivity index (χ2n) is 11.7. The summed E-state index contributed by atoms with van der Waals surface area (Å²) in [6.45, 7) is 2.08. The highest BCUT2D eigenvalue weighted by Crippen LogP contribution is 2.38. The lowest BCUT2D eigenvalue weighted by Gasteiger charge is -2.12. The first kappa shape index (κ1) is 26.3. The lowest BCUT2D eigenvalue weighted by Crippen LogP contribution is -2.00. The standard InChI is InChI=1S/C42H27N3O/c1-26-19-21-29(22-20-26)40-43-41(45-42(44-40)36-17-8-16-35-34-14-4-5-18-37(34)46-39(35)36)31-12-6-11-30(25-31)33-15-7-10-28-24-23-27-9-2-3-13-32(27)38(28)33/h2-25H,1H3. The highest BCUT2D eigenvalue weighted by atomic mass is 16.3. The van der Waals surface area contributed by atoms with E-state index in [0.717, 1.165) is 44.2 Å². The van der Waals surface area contributed by atoms with Gasteiger partial charge in [-0.15, -0.1) is 0 Å². The molecule has 46 heavy (non-hydrogen) atoms. The number of rotatable bonds is 4. The first-order valence-electron chi connectivity index (χ1n) is 15.4. The van der Waals surface area contributed by atoms with Gasteiger partial charge in [0.2, 0.25) is 0 Å². The molecule has 0 saturated carbocycles. The molecule has 0 bridgehead atoms. The lowest BCUT2D eigenvalue weighted by atomic mass is 9.93. The van der Waals surface area contributed by atoms with Crippen LogP contribution in [-0.2, 0) is 0 Å². The molecule has 0 N–H and O–H groups in total. The molecule has 0 spiro atoms. The summed E-state index contributed by atoms with van der Waals surface area (Å²) in [5.74, 6) is 1.81. The van der Waals surface area contributed by atoms with Gasteiger partial charge >= 0.3 is 0 Å². The maximum absolute atomic E-state index is 6.40. The summed E-state index contributed by atoms with van der Waals surface area (Å²) in [6.07, 6.45) is 0. The summed E-state index contributed by atoms with van der Waals surface area (Å²) in [5, 5.41) is 7.03. The van der Waals surface area contributed by atoms with Crippen LogP contribution in [-0.4, -0.2) is 15.0 Å². The van der Waals surface area contributed by atoms with E-state index in [0.29, 0.717) is 17.5 Å². The number of benzene rings is 7. The zero-order valence-corrected chi connectivity index (χ0v) is 25.1. The van der Waals surface area contributed by atoms with Crippen molar-refractivity contribution in [1.82, 2.24) is 15.0 Å². The van der Waals surface area contributed by atoms with Crippen LogP contribution in [0.25, 0.3) is 88.8 Å². The van der Waals surface area contributed by atoms with E-state index in [9.17, 15) is 0 Å². The molecule has 0 atom stereocenters. The van der Waals surface area contributed by atoms with Gasteiger partial charge in [-0.2, -0.15) is 0 Å². The molecule has 0 amide bonds. The summed E-state index contributed by atoms with van der Waals surface area (Å²) in [6, 6.07) is 50.6. The van der Waals surface area contributed by atoms with E-state index >= 15 is 0 Å². The summed E-state index contributed by atoms with van der Waals surface area (Å²) in [4.78, 5) is 15.2. The first-order valence-corrected chi connectivity index (χ1v) is 15.4. The van der Waals surface area contributed by atoms with Gasteiger partial charge in [-0.3, -0.25) is 0 Å². The molecule has 0 fully saturated rings. The molecule has 216 valence electrons. The predicted octanol–water partition coefficient (Wildman–Crippen LogP) is 11.1. The Morgan fingerprint density at radius 1 is 0.435 bits per heavy atom. The molecule has 0 radical (unpaired) electrons. The van der Waals surface area contributed by atoms with Gasteiger partial charge < -0.3 is 4.42 Å². The van der Waals surface area contributed by atoms with E-state index in [4.69, 9.17) is 19.4 Å². The summed E-state index contributed by atoms with van der Waals surface area (Å²) >= 11 is 0. The Hall–Kier alpha value is -6.13. The minimum absolute atomic E-state index is 0.576. The number of aromatic nitrogens is 3.